The van der Waals surface area contributed by atoms with Crippen LogP contribution in [0.4, 0.5) is 5.69 Å². The fourth-order valence-electron chi connectivity index (χ4n) is 2.75. The minimum absolute atomic E-state index is 0.00822. The van der Waals surface area contributed by atoms with E-state index in [9.17, 15) is 18.0 Å². The molecule has 2 atom stereocenters. The third-order valence-electron chi connectivity index (χ3n) is 4.36. The number of furan rings is 1. The number of anilines is 1. The molecule has 3 rings (SSSR count). The van der Waals surface area contributed by atoms with Gasteiger partial charge in [-0.25, -0.2) is 13.1 Å². The number of carbonyl (C=O) groups excluding carboxylic acids is 1. The van der Waals surface area contributed by atoms with Crippen LogP contribution in [0.5, 0.6) is 0 Å². The highest BCUT2D eigenvalue weighted by molar-refractivity contribution is 7.89. The molecule has 3 N–H and O–H groups in total. The third-order valence-corrected chi connectivity index (χ3v) is 5.76. The SMILES string of the molecule is O=C(O)C1CCC1C(=O)Nc1cccc(S(=O)(=O)NCc2ccco2)c1. The van der Waals surface area contributed by atoms with Crippen molar-refractivity contribution in [2.45, 2.75) is 24.3 Å². The number of nitrogens with one attached hydrogen (secondary N) is 2. The van der Waals surface area contributed by atoms with Crippen molar-refractivity contribution in [2.24, 2.45) is 11.8 Å². The van der Waals surface area contributed by atoms with Crippen LogP contribution in [0.15, 0.2) is 52.0 Å². The average molecular weight is 378 g/mol. The smallest absolute Gasteiger partial charge is 0.307 e. The van der Waals surface area contributed by atoms with E-state index in [4.69, 9.17) is 9.52 Å². The van der Waals surface area contributed by atoms with Crippen LogP contribution in [-0.4, -0.2) is 25.4 Å². The highest BCUT2D eigenvalue weighted by Crippen LogP contribution is 2.35. The van der Waals surface area contributed by atoms with Crippen molar-refractivity contribution < 1.29 is 27.5 Å². The average Bonchev–Trinajstić information content (AvgIpc) is 3.05. The van der Waals surface area contributed by atoms with Crippen LogP contribution in [0.1, 0.15) is 18.6 Å². The van der Waals surface area contributed by atoms with Crippen molar-refractivity contribution in [3.63, 3.8) is 0 Å². The molecule has 26 heavy (non-hydrogen) atoms. The molecule has 1 aliphatic rings. The Bertz CT molecular complexity index is 907. The van der Waals surface area contributed by atoms with Crippen molar-refractivity contribution in [1.29, 1.82) is 0 Å². The van der Waals surface area contributed by atoms with Gasteiger partial charge in [-0.05, 0) is 43.2 Å². The summed E-state index contributed by atoms with van der Waals surface area (Å²) < 4.78 is 32.2. The predicted molar refractivity (Wildman–Crippen MR) is 91.7 cm³/mol. The molecule has 0 saturated heterocycles. The molecule has 1 fully saturated rings. The lowest BCUT2D eigenvalue weighted by atomic mass is 9.73. The molecular formula is C17H18N2O6S. The Morgan fingerprint density at radius 1 is 1.15 bits per heavy atom. The Hall–Kier alpha value is -2.65. The van der Waals surface area contributed by atoms with E-state index in [2.05, 4.69) is 10.0 Å². The Balaban J connectivity index is 1.67. The first-order valence-corrected chi connectivity index (χ1v) is 9.51. The molecule has 1 aromatic heterocycles. The molecule has 1 aliphatic carbocycles. The molecule has 1 aromatic carbocycles. The van der Waals surface area contributed by atoms with Gasteiger partial charge < -0.3 is 14.8 Å². The van der Waals surface area contributed by atoms with E-state index in [0.717, 1.165) is 0 Å². The van der Waals surface area contributed by atoms with Crippen LogP contribution in [0.25, 0.3) is 0 Å². The van der Waals surface area contributed by atoms with Crippen LogP contribution in [-0.2, 0) is 26.2 Å². The molecule has 1 heterocycles. The first-order valence-electron chi connectivity index (χ1n) is 8.02. The van der Waals surface area contributed by atoms with E-state index in [1.165, 1.54) is 24.5 Å². The van der Waals surface area contributed by atoms with Crippen molar-refractivity contribution in [1.82, 2.24) is 4.72 Å². The van der Waals surface area contributed by atoms with Crippen molar-refractivity contribution in [3.05, 3.63) is 48.4 Å². The summed E-state index contributed by atoms with van der Waals surface area (Å²) in [5.74, 6) is -2.21. The predicted octanol–water partition coefficient (Wildman–Crippen LogP) is 1.81. The lowest BCUT2D eigenvalue weighted by Gasteiger charge is -2.31. The molecule has 8 nitrogen and oxygen atoms in total. The Morgan fingerprint density at radius 3 is 2.54 bits per heavy atom. The fourth-order valence-corrected chi connectivity index (χ4v) is 3.79. The van der Waals surface area contributed by atoms with Gasteiger partial charge in [0.05, 0.1) is 29.5 Å². The van der Waals surface area contributed by atoms with Crippen LogP contribution in [0.2, 0.25) is 0 Å². The summed E-state index contributed by atoms with van der Waals surface area (Å²) in [5.41, 5.74) is 0.298. The highest BCUT2D eigenvalue weighted by atomic mass is 32.2. The van der Waals surface area contributed by atoms with Crippen molar-refractivity contribution in [2.75, 3.05) is 5.32 Å². The maximum atomic E-state index is 12.4. The molecule has 138 valence electrons. The second-order valence-electron chi connectivity index (χ2n) is 6.05. The van der Waals surface area contributed by atoms with Crippen LogP contribution >= 0.6 is 0 Å². The topological polar surface area (TPSA) is 126 Å². The summed E-state index contributed by atoms with van der Waals surface area (Å²) in [6.45, 7) is 0.00822. The van der Waals surface area contributed by atoms with Crippen molar-refractivity contribution >= 4 is 27.6 Å². The van der Waals surface area contributed by atoms with Crippen molar-refractivity contribution in [3.8, 4) is 0 Å². The molecule has 0 spiro atoms. The number of benzene rings is 1. The molecular weight excluding hydrogens is 360 g/mol. The van der Waals surface area contributed by atoms with Gasteiger partial charge in [0, 0.05) is 5.69 Å². The first-order chi connectivity index (χ1) is 12.4. The van der Waals surface area contributed by atoms with E-state index >= 15 is 0 Å². The molecule has 0 bridgehead atoms. The third kappa shape index (κ3) is 3.94. The van der Waals surface area contributed by atoms with E-state index in [0.29, 0.717) is 24.3 Å². The van der Waals surface area contributed by atoms with E-state index in [1.54, 1.807) is 18.2 Å². The molecule has 2 unspecified atom stereocenters. The van der Waals surface area contributed by atoms with E-state index < -0.39 is 33.7 Å². The van der Waals surface area contributed by atoms with Gasteiger partial charge in [0.25, 0.3) is 0 Å². The molecule has 0 aliphatic heterocycles. The zero-order chi connectivity index (χ0) is 18.7. The maximum absolute atomic E-state index is 12.4. The molecule has 1 saturated carbocycles. The number of carbonyl (C=O) groups is 2. The minimum atomic E-state index is -3.79. The molecule has 0 radical (unpaired) electrons. The van der Waals surface area contributed by atoms with Gasteiger partial charge >= 0.3 is 5.97 Å². The number of carboxylic acid groups (broad SMARTS) is 1. The van der Waals surface area contributed by atoms with Gasteiger partial charge in [-0.3, -0.25) is 9.59 Å². The summed E-state index contributed by atoms with van der Waals surface area (Å²) >= 11 is 0. The fraction of sp³-hybridized carbons (Fsp3) is 0.294. The van der Waals surface area contributed by atoms with Gasteiger partial charge in [0.15, 0.2) is 0 Å². The summed E-state index contributed by atoms with van der Waals surface area (Å²) in [5, 5.41) is 11.6. The lowest BCUT2D eigenvalue weighted by Crippen LogP contribution is -2.41. The number of sulfonamides is 1. The Kier molecular flexibility index (Phi) is 5.10. The summed E-state index contributed by atoms with van der Waals surface area (Å²) in [7, 11) is -3.79. The van der Waals surface area contributed by atoms with E-state index in [-0.39, 0.29) is 11.4 Å². The van der Waals surface area contributed by atoms with Crippen LogP contribution < -0.4 is 10.0 Å². The van der Waals surface area contributed by atoms with Crippen LogP contribution in [0.3, 0.4) is 0 Å². The second-order valence-corrected chi connectivity index (χ2v) is 7.82. The quantitative estimate of drug-likeness (QED) is 0.675. The van der Waals surface area contributed by atoms with Gasteiger partial charge in [0.1, 0.15) is 5.76 Å². The first kappa shape index (κ1) is 18.2. The zero-order valence-electron chi connectivity index (χ0n) is 13.7. The molecule has 2 aromatic rings. The van der Waals surface area contributed by atoms with Gasteiger partial charge in [0.2, 0.25) is 15.9 Å². The van der Waals surface area contributed by atoms with Gasteiger partial charge in [-0.1, -0.05) is 6.07 Å². The molecule has 9 heteroatoms. The zero-order valence-corrected chi connectivity index (χ0v) is 14.5. The number of hydrogen-bond donors (Lipinski definition) is 3. The maximum Gasteiger partial charge on any atom is 0.307 e. The largest absolute Gasteiger partial charge is 0.481 e. The van der Waals surface area contributed by atoms with Crippen LogP contribution in [0, 0.1) is 11.8 Å². The van der Waals surface area contributed by atoms with Gasteiger partial charge in [-0.2, -0.15) is 0 Å². The monoisotopic (exact) mass is 378 g/mol. The van der Waals surface area contributed by atoms with Gasteiger partial charge in [-0.15, -0.1) is 0 Å². The minimum Gasteiger partial charge on any atom is -0.481 e. The Morgan fingerprint density at radius 2 is 1.92 bits per heavy atom. The summed E-state index contributed by atoms with van der Waals surface area (Å²) in [4.78, 5) is 23.2. The highest BCUT2D eigenvalue weighted by Gasteiger charge is 2.41. The number of rotatable bonds is 7. The van der Waals surface area contributed by atoms with E-state index in [1.807, 2.05) is 0 Å². The number of amides is 1. The number of aliphatic carboxylic acids is 1. The number of hydrogen-bond acceptors (Lipinski definition) is 5. The Labute approximate surface area is 150 Å². The lowest BCUT2D eigenvalue weighted by molar-refractivity contribution is -0.151. The summed E-state index contributed by atoms with van der Waals surface area (Å²) in [6, 6.07) is 9.10. The molecule has 1 amide bonds. The normalized spacial score (nSPS) is 19.5. The number of carboxylic acids is 1. The summed E-state index contributed by atoms with van der Waals surface area (Å²) in [6.07, 6.45) is 2.43. The standard InChI is InChI=1S/C17H18N2O6S/c20-16(14-6-7-15(14)17(21)22)19-11-3-1-5-13(9-11)26(23,24)18-10-12-4-2-8-25-12/h1-5,8-9,14-15,18H,6-7,10H2,(H,19,20)(H,21,22). The second kappa shape index (κ2) is 7.30.